The van der Waals surface area contributed by atoms with E-state index >= 15 is 0 Å². The smallest absolute Gasteiger partial charge is 0.293 e. The average Bonchev–Trinajstić information content (AvgIpc) is 2.61. The molecule has 1 aliphatic rings. The van der Waals surface area contributed by atoms with Crippen LogP contribution in [0.3, 0.4) is 0 Å². The lowest BCUT2D eigenvalue weighted by molar-refractivity contribution is -0.165. The Morgan fingerprint density at radius 3 is 2.27 bits per heavy atom. The fourth-order valence-corrected chi connectivity index (χ4v) is 0.906. The molecule has 0 unspecified atom stereocenters. The number of rotatable bonds is 2. The van der Waals surface area contributed by atoms with E-state index in [1.54, 1.807) is 0 Å². The summed E-state index contributed by atoms with van der Waals surface area (Å²) in [6.07, 6.45) is 0.980. The molecule has 0 aromatic carbocycles. The molecule has 0 saturated heterocycles. The summed E-state index contributed by atoms with van der Waals surface area (Å²) in [6, 6.07) is 0. The summed E-state index contributed by atoms with van der Waals surface area (Å²) >= 11 is 0. The minimum Gasteiger partial charge on any atom is -0.293 e. The molecule has 0 aromatic rings. The Kier molecular flexibility index (Phi) is 1.85. The van der Waals surface area contributed by atoms with Crippen molar-refractivity contribution in [3.63, 3.8) is 0 Å². The van der Waals surface area contributed by atoms with Gasteiger partial charge in [-0.3, -0.25) is 5.32 Å². The van der Waals surface area contributed by atoms with Gasteiger partial charge in [0.1, 0.15) is 5.54 Å². The van der Waals surface area contributed by atoms with E-state index in [4.69, 9.17) is 6.42 Å². The van der Waals surface area contributed by atoms with Gasteiger partial charge in [-0.15, -0.1) is 6.42 Å². The van der Waals surface area contributed by atoms with Crippen LogP contribution < -0.4 is 5.32 Å². The van der Waals surface area contributed by atoms with E-state index in [-0.39, 0.29) is 19.4 Å². The summed E-state index contributed by atoms with van der Waals surface area (Å²) in [5, 5.41) is 2.30. The molecule has 62 valence electrons. The van der Waals surface area contributed by atoms with Crippen LogP contribution in [0.25, 0.3) is 0 Å². The third kappa shape index (κ3) is 1.48. The topological polar surface area (TPSA) is 12.0 Å². The molecule has 1 rings (SSSR count). The quantitative estimate of drug-likeness (QED) is 0.605. The Morgan fingerprint density at radius 1 is 1.45 bits per heavy atom. The monoisotopic (exact) mass is 163 g/mol. The van der Waals surface area contributed by atoms with Crippen LogP contribution in [0.4, 0.5) is 13.2 Å². The van der Waals surface area contributed by atoms with Gasteiger partial charge in [0.15, 0.2) is 0 Å². The lowest BCUT2D eigenvalue weighted by Gasteiger charge is -2.18. The molecule has 0 aromatic heterocycles. The van der Waals surface area contributed by atoms with Gasteiger partial charge in [-0.25, -0.2) is 0 Å². The first-order valence-electron chi connectivity index (χ1n) is 3.27. The Hall–Kier alpha value is -0.690. The minimum absolute atomic E-state index is 0.0144. The third-order valence-corrected chi connectivity index (χ3v) is 1.82. The molecule has 1 N–H and O–H groups in total. The Bertz CT molecular complexity index is 185. The molecule has 0 aliphatic heterocycles. The predicted octanol–water partition coefficient (Wildman–Crippen LogP) is 1.30. The number of nitrogens with one attached hydrogen (secondary N) is 1. The molecule has 1 aliphatic carbocycles. The number of hydrogen-bond donors (Lipinski definition) is 1. The molecule has 0 radical (unpaired) electrons. The SMILES string of the molecule is C#CCNC1(C(F)(F)F)CC1. The van der Waals surface area contributed by atoms with Crippen LogP contribution in [-0.4, -0.2) is 18.3 Å². The van der Waals surface area contributed by atoms with E-state index in [0.717, 1.165) is 0 Å². The van der Waals surface area contributed by atoms with Gasteiger partial charge in [-0.1, -0.05) is 5.92 Å². The van der Waals surface area contributed by atoms with Crippen molar-refractivity contribution >= 4 is 0 Å². The van der Waals surface area contributed by atoms with E-state index in [1.807, 2.05) is 0 Å². The normalized spacial score (nSPS) is 20.9. The number of alkyl halides is 3. The number of halogens is 3. The van der Waals surface area contributed by atoms with E-state index in [9.17, 15) is 13.2 Å². The molecule has 1 fully saturated rings. The molecule has 0 amide bonds. The first-order chi connectivity index (χ1) is 5.02. The van der Waals surface area contributed by atoms with Crippen molar-refractivity contribution in [3.05, 3.63) is 0 Å². The summed E-state index contributed by atoms with van der Waals surface area (Å²) in [5.74, 6) is 2.12. The van der Waals surface area contributed by atoms with Crippen LogP contribution in [0.1, 0.15) is 12.8 Å². The number of hydrogen-bond acceptors (Lipinski definition) is 1. The summed E-state index contributed by atoms with van der Waals surface area (Å²) in [4.78, 5) is 0. The van der Waals surface area contributed by atoms with Crippen molar-refractivity contribution < 1.29 is 13.2 Å². The summed E-state index contributed by atoms with van der Waals surface area (Å²) in [5.41, 5.74) is -1.65. The molecule has 0 bridgehead atoms. The molecule has 11 heavy (non-hydrogen) atoms. The van der Waals surface area contributed by atoms with Crippen LogP contribution >= 0.6 is 0 Å². The molecular weight excluding hydrogens is 155 g/mol. The summed E-state index contributed by atoms with van der Waals surface area (Å²) < 4.78 is 36.3. The second-order valence-electron chi connectivity index (χ2n) is 2.64. The second-order valence-corrected chi connectivity index (χ2v) is 2.64. The minimum atomic E-state index is -4.15. The van der Waals surface area contributed by atoms with E-state index < -0.39 is 11.7 Å². The van der Waals surface area contributed by atoms with Crippen LogP contribution in [0.15, 0.2) is 0 Å². The number of terminal acetylenes is 1. The Morgan fingerprint density at radius 2 is 2.00 bits per heavy atom. The van der Waals surface area contributed by atoms with E-state index in [0.29, 0.717) is 0 Å². The molecule has 1 saturated carbocycles. The van der Waals surface area contributed by atoms with Crippen LogP contribution in [0.2, 0.25) is 0 Å². The highest BCUT2D eigenvalue weighted by Crippen LogP contribution is 2.48. The molecule has 4 heteroatoms. The fraction of sp³-hybridized carbons (Fsp3) is 0.714. The highest BCUT2D eigenvalue weighted by atomic mass is 19.4. The Labute approximate surface area is 63.0 Å². The lowest BCUT2D eigenvalue weighted by atomic mass is 10.2. The van der Waals surface area contributed by atoms with Gasteiger partial charge in [-0.05, 0) is 12.8 Å². The maximum Gasteiger partial charge on any atom is 0.406 e. The zero-order valence-corrected chi connectivity index (χ0v) is 5.83. The van der Waals surface area contributed by atoms with E-state index in [1.165, 1.54) is 0 Å². The average molecular weight is 163 g/mol. The van der Waals surface area contributed by atoms with Crippen molar-refractivity contribution in [1.82, 2.24) is 5.32 Å². The largest absolute Gasteiger partial charge is 0.406 e. The molecule has 0 spiro atoms. The Balaban J connectivity index is 2.49. The maximum atomic E-state index is 12.1. The maximum absolute atomic E-state index is 12.1. The zero-order valence-electron chi connectivity index (χ0n) is 5.83. The predicted molar refractivity (Wildman–Crippen MR) is 34.9 cm³/mol. The first kappa shape index (κ1) is 8.41. The van der Waals surface area contributed by atoms with Crippen LogP contribution in [-0.2, 0) is 0 Å². The molecule has 1 nitrogen and oxygen atoms in total. The zero-order chi connectivity index (χ0) is 8.54. The van der Waals surface area contributed by atoms with Crippen molar-refractivity contribution in [1.29, 1.82) is 0 Å². The van der Waals surface area contributed by atoms with Crippen molar-refractivity contribution in [3.8, 4) is 12.3 Å². The third-order valence-electron chi connectivity index (χ3n) is 1.82. The van der Waals surface area contributed by atoms with E-state index in [2.05, 4.69) is 11.2 Å². The lowest BCUT2D eigenvalue weighted by Crippen LogP contribution is -2.44. The van der Waals surface area contributed by atoms with Gasteiger partial charge < -0.3 is 0 Å². The molecular formula is C7H8F3N. The van der Waals surface area contributed by atoms with Gasteiger partial charge in [-0.2, -0.15) is 13.2 Å². The molecule has 0 atom stereocenters. The van der Waals surface area contributed by atoms with Crippen molar-refractivity contribution in [2.45, 2.75) is 24.6 Å². The highest BCUT2D eigenvalue weighted by molar-refractivity contribution is 5.09. The first-order valence-corrected chi connectivity index (χ1v) is 3.27. The van der Waals surface area contributed by atoms with Crippen molar-refractivity contribution in [2.75, 3.05) is 6.54 Å². The van der Waals surface area contributed by atoms with Gasteiger partial charge in [0, 0.05) is 0 Å². The van der Waals surface area contributed by atoms with Crippen LogP contribution in [0.5, 0.6) is 0 Å². The van der Waals surface area contributed by atoms with Crippen LogP contribution in [0, 0.1) is 12.3 Å². The van der Waals surface area contributed by atoms with Gasteiger partial charge >= 0.3 is 6.18 Å². The van der Waals surface area contributed by atoms with Gasteiger partial charge in [0.05, 0.1) is 6.54 Å². The van der Waals surface area contributed by atoms with Gasteiger partial charge in [0.25, 0.3) is 0 Å². The van der Waals surface area contributed by atoms with Gasteiger partial charge in [0.2, 0.25) is 0 Å². The fourth-order valence-electron chi connectivity index (χ4n) is 0.906. The summed E-state index contributed by atoms with van der Waals surface area (Å²) in [7, 11) is 0. The highest BCUT2D eigenvalue weighted by Gasteiger charge is 2.62. The summed E-state index contributed by atoms with van der Waals surface area (Å²) in [6.45, 7) is -0.0144. The second kappa shape index (κ2) is 2.42. The van der Waals surface area contributed by atoms with Crippen molar-refractivity contribution in [2.24, 2.45) is 0 Å². The molecule has 0 heterocycles. The standard InChI is InChI=1S/C7H8F3N/c1-2-5-11-6(3-4-6)7(8,9)10/h1,11H,3-5H2.